The molecular formula is C3H8O2Sn2+6. The molecule has 0 unspecified atom stereocenters. The molecule has 0 radical (unpaired) electrons. The van der Waals surface area contributed by atoms with Crippen molar-refractivity contribution >= 4 is 47.8 Å². The van der Waals surface area contributed by atoms with Gasteiger partial charge in [-0.05, 0) is 0 Å². The average Bonchev–Trinajstić information content (AvgIpc) is 1.46. The van der Waals surface area contributed by atoms with Crippen molar-refractivity contribution in [3.8, 4) is 0 Å². The van der Waals surface area contributed by atoms with Crippen LogP contribution in [0.15, 0.2) is 0 Å². The van der Waals surface area contributed by atoms with Gasteiger partial charge in [0.15, 0.2) is 0 Å². The van der Waals surface area contributed by atoms with Crippen LogP contribution in [0, 0.1) is 0 Å². The number of hydrogen-bond acceptors (Lipinski definition) is 2. The van der Waals surface area contributed by atoms with Crippen LogP contribution >= 0.6 is 0 Å². The molecule has 0 aromatic heterocycles. The summed E-state index contributed by atoms with van der Waals surface area (Å²) in [6, 6.07) is 0. The molecule has 0 aliphatic carbocycles. The summed E-state index contributed by atoms with van der Waals surface area (Å²) in [5.41, 5.74) is 0. The molecule has 0 amide bonds. The molecule has 0 N–H and O–H groups in total. The first-order valence-corrected chi connectivity index (χ1v) is 1.40. The van der Waals surface area contributed by atoms with E-state index in [2.05, 4.69) is 0 Å². The van der Waals surface area contributed by atoms with Gasteiger partial charge in [0.1, 0.15) is 0 Å². The molecule has 2 nitrogen and oxygen atoms in total. The summed E-state index contributed by atoms with van der Waals surface area (Å²) in [5, 5.41) is 17.2. The molecule has 0 saturated carbocycles. The van der Waals surface area contributed by atoms with Gasteiger partial charge >= 0.3 is 47.8 Å². The van der Waals surface area contributed by atoms with Crippen LogP contribution in [-0.4, -0.2) is 61.5 Å². The number of hydrogen-bond donors (Lipinski definition) is 0. The molecule has 0 aliphatic heterocycles. The Morgan fingerprint density at radius 2 is 1.14 bits per heavy atom. The molecule has 7 heavy (non-hydrogen) atoms. The Hall–Kier alpha value is 1.52. The SMILES string of the molecule is CC[O-].C[O-].[Sn+4].[Sn+4]. The van der Waals surface area contributed by atoms with E-state index in [4.69, 9.17) is 10.2 Å². The fourth-order valence-corrected chi connectivity index (χ4v) is 0. The van der Waals surface area contributed by atoms with Crippen molar-refractivity contribution in [2.24, 2.45) is 0 Å². The van der Waals surface area contributed by atoms with E-state index in [0.717, 1.165) is 7.11 Å². The summed E-state index contributed by atoms with van der Waals surface area (Å²) in [7, 11) is 0.750. The third kappa shape index (κ3) is 99.4. The van der Waals surface area contributed by atoms with Gasteiger partial charge in [-0.2, -0.15) is 7.11 Å². The average molecular weight is 314 g/mol. The third-order valence-electron chi connectivity index (χ3n) is 0. The minimum absolute atomic E-state index is 0. The van der Waals surface area contributed by atoms with Crippen LogP contribution in [0.5, 0.6) is 0 Å². The molecule has 0 rings (SSSR count). The predicted molar refractivity (Wildman–Crippen MR) is 28.0 cm³/mol. The van der Waals surface area contributed by atoms with Crippen molar-refractivity contribution in [2.75, 3.05) is 13.7 Å². The molecule has 0 aliphatic rings. The Labute approximate surface area is 78.2 Å². The van der Waals surface area contributed by atoms with Crippen molar-refractivity contribution in [3.05, 3.63) is 0 Å². The molecule has 0 atom stereocenters. The van der Waals surface area contributed by atoms with Gasteiger partial charge in [0, 0.05) is 0 Å². The molecule has 34 valence electrons. The van der Waals surface area contributed by atoms with E-state index in [9.17, 15) is 0 Å². The van der Waals surface area contributed by atoms with E-state index in [-0.39, 0.29) is 54.4 Å². The van der Waals surface area contributed by atoms with Crippen LogP contribution < -0.4 is 10.2 Å². The molecule has 0 aromatic carbocycles. The van der Waals surface area contributed by atoms with Gasteiger partial charge in [0.25, 0.3) is 0 Å². The van der Waals surface area contributed by atoms with Gasteiger partial charge in [-0.25, -0.2) is 0 Å². The predicted octanol–water partition coefficient (Wildman–Crippen LogP) is -2.42. The van der Waals surface area contributed by atoms with E-state index in [1.165, 1.54) is 0 Å². The fraction of sp³-hybridized carbons (Fsp3) is 1.00. The molecule has 0 aromatic rings. The smallest absolute Gasteiger partial charge is 0.857 e. The molecule has 4 heteroatoms. The van der Waals surface area contributed by atoms with E-state index in [0.29, 0.717) is 0 Å². The Balaban J connectivity index is -0.0000000105. The van der Waals surface area contributed by atoms with Crippen molar-refractivity contribution < 1.29 is 10.2 Å². The van der Waals surface area contributed by atoms with Crippen LogP contribution in [0.25, 0.3) is 0 Å². The van der Waals surface area contributed by atoms with Crippen LogP contribution in [0.2, 0.25) is 0 Å². The fourth-order valence-electron chi connectivity index (χ4n) is 0. The van der Waals surface area contributed by atoms with Gasteiger partial charge in [-0.3, -0.25) is 0 Å². The van der Waals surface area contributed by atoms with E-state index >= 15 is 0 Å². The van der Waals surface area contributed by atoms with Gasteiger partial charge in [0.2, 0.25) is 0 Å². The van der Waals surface area contributed by atoms with Gasteiger partial charge in [-0.15, -0.1) is 6.61 Å². The first kappa shape index (κ1) is 23.6. The molecule has 0 spiro atoms. The third-order valence-corrected chi connectivity index (χ3v) is 0. The maximum absolute atomic E-state index is 8.93. The van der Waals surface area contributed by atoms with Crippen molar-refractivity contribution in [1.29, 1.82) is 0 Å². The largest absolute Gasteiger partial charge is 4.00 e. The summed E-state index contributed by atoms with van der Waals surface area (Å²) in [6.45, 7) is 1.57. The zero-order valence-electron chi connectivity index (χ0n) is 4.52. The van der Waals surface area contributed by atoms with Crippen molar-refractivity contribution in [1.82, 2.24) is 0 Å². The van der Waals surface area contributed by atoms with Gasteiger partial charge in [0.05, 0.1) is 0 Å². The Kier molecular flexibility index (Phi) is 170. The Morgan fingerprint density at radius 3 is 1.14 bits per heavy atom. The van der Waals surface area contributed by atoms with E-state index in [1.807, 2.05) is 0 Å². The molecule has 0 heterocycles. The maximum atomic E-state index is 8.93. The summed E-state index contributed by atoms with van der Waals surface area (Å²) in [6.07, 6.45) is 0. The van der Waals surface area contributed by atoms with E-state index < -0.39 is 0 Å². The zero-order valence-corrected chi connectivity index (χ0v) is 10.2. The zero-order chi connectivity index (χ0) is 4.71. The summed E-state index contributed by atoms with van der Waals surface area (Å²) >= 11 is 0. The Bertz CT molecular complexity index is 10.9. The minimum atomic E-state index is 0. The normalized spacial score (nSPS) is 3.43. The van der Waals surface area contributed by atoms with Crippen LogP contribution in [0.3, 0.4) is 0 Å². The quantitative estimate of drug-likeness (QED) is 0.467. The summed E-state index contributed by atoms with van der Waals surface area (Å²) in [5.74, 6) is 0. The second-order valence-electron chi connectivity index (χ2n) is 0.289. The first-order valence-electron chi connectivity index (χ1n) is 1.40. The van der Waals surface area contributed by atoms with Gasteiger partial charge in [-0.1, -0.05) is 6.92 Å². The second-order valence-corrected chi connectivity index (χ2v) is 0.289. The minimum Gasteiger partial charge on any atom is -0.857 e. The molecule has 0 fully saturated rings. The monoisotopic (exact) mass is 316 g/mol. The number of rotatable bonds is 0. The van der Waals surface area contributed by atoms with Crippen molar-refractivity contribution in [3.63, 3.8) is 0 Å². The van der Waals surface area contributed by atoms with Crippen LogP contribution in [0.1, 0.15) is 6.92 Å². The maximum Gasteiger partial charge on any atom is 4.00 e. The standard InChI is InChI=1S/C2H5O.CH3O.2Sn/c1-2-3;1-2;;/h2H2,1H3;1H3;;/q2*-1;2*+4. The van der Waals surface area contributed by atoms with Gasteiger partial charge < -0.3 is 10.2 Å². The summed E-state index contributed by atoms with van der Waals surface area (Å²) < 4.78 is 0. The first-order chi connectivity index (χ1) is 2.41. The van der Waals surface area contributed by atoms with Crippen LogP contribution in [0.4, 0.5) is 0 Å². The van der Waals surface area contributed by atoms with Crippen LogP contribution in [-0.2, 0) is 0 Å². The molecule has 0 saturated heterocycles. The Morgan fingerprint density at radius 1 is 1.14 bits per heavy atom. The van der Waals surface area contributed by atoms with E-state index in [1.54, 1.807) is 6.92 Å². The topological polar surface area (TPSA) is 46.1 Å². The molecule has 0 bridgehead atoms. The second kappa shape index (κ2) is 50.4. The molecular weight excluding hydrogens is 305 g/mol. The summed E-state index contributed by atoms with van der Waals surface area (Å²) in [4.78, 5) is 0. The van der Waals surface area contributed by atoms with Crippen molar-refractivity contribution in [2.45, 2.75) is 6.92 Å².